The maximum absolute atomic E-state index is 12.6. The van der Waals surface area contributed by atoms with Gasteiger partial charge in [-0.15, -0.1) is 0 Å². The minimum absolute atomic E-state index is 0.0569. The molecule has 0 spiro atoms. The Kier molecular flexibility index (Phi) is 4.42. The molecule has 1 aliphatic heterocycles. The van der Waals surface area contributed by atoms with E-state index in [4.69, 9.17) is 5.11 Å². The minimum Gasteiger partial charge on any atom is -0.481 e. The molecule has 1 aliphatic rings. The van der Waals surface area contributed by atoms with Gasteiger partial charge in [-0.3, -0.25) is 18.7 Å². The van der Waals surface area contributed by atoms with Crippen molar-refractivity contribution in [1.82, 2.24) is 14.0 Å². The number of fused-ring (bicyclic) bond motifs is 1. The molecule has 128 valence electrons. The van der Waals surface area contributed by atoms with E-state index in [9.17, 15) is 14.4 Å². The molecule has 0 radical (unpaired) electrons. The van der Waals surface area contributed by atoms with E-state index in [0.717, 1.165) is 11.0 Å². The zero-order valence-corrected chi connectivity index (χ0v) is 13.6. The van der Waals surface area contributed by atoms with Gasteiger partial charge >= 0.3 is 11.7 Å². The average Bonchev–Trinajstić information content (AvgIpc) is 2.86. The van der Waals surface area contributed by atoms with E-state index in [-0.39, 0.29) is 24.7 Å². The van der Waals surface area contributed by atoms with Gasteiger partial charge in [0.1, 0.15) is 6.54 Å². The van der Waals surface area contributed by atoms with Crippen LogP contribution < -0.4 is 5.69 Å². The lowest BCUT2D eigenvalue weighted by molar-refractivity contribution is -0.145. The summed E-state index contributed by atoms with van der Waals surface area (Å²) in [7, 11) is 0. The van der Waals surface area contributed by atoms with E-state index in [0.29, 0.717) is 25.9 Å². The highest BCUT2D eigenvalue weighted by Crippen LogP contribution is 2.18. The highest BCUT2D eigenvalue weighted by molar-refractivity contribution is 5.81. The molecule has 24 heavy (non-hydrogen) atoms. The predicted molar refractivity (Wildman–Crippen MR) is 88.8 cm³/mol. The number of aliphatic carboxylic acids is 1. The van der Waals surface area contributed by atoms with Crippen molar-refractivity contribution < 1.29 is 14.7 Å². The van der Waals surface area contributed by atoms with Crippen molar-refractivity contribution in [2.45, 2.75) is 32.9 Å². The third-order valence-corrected chi connectivity index (χ3v) is 4.66. The number of carbonyl (C=O) groups is 2. The number of hydrogen-bond acceptors (Lipinski definition) is 3. The van der Waals surface area contributed by atoms with Gasteiger partial charge < -0.3 is 10.0 Å². The van der Waals surface area contributed by atoms with E-state index in [1.807, 2.05) is 31.2 Å². The average molecular weight is 331 g/mol. The molecule has 0 aliphatic carbocycles. The van der Waals surface area contributed by atoms with Gasteiger partial charge in [-0.1, -0.05) is 12.1 Å². The molecule has 0 bridgehead atoms. The number of nitrogens with zero attached hydrogens (tertiary/aromatic N) is 3. The first-order valence-electron chi connectivity index (χ1n) is 8.21. The number of carbonyl (C=O) groups excluding carboxylic acids is 1. The highest BCUT2D eigenvalue weighted by Gasteiger charge is 2.28. The number of aromatic nitrogens is 2. The Morgan fingerprint density at radius 2 is 1.88 bits per heavy atom. The number of likely N-dealkylation sites (tertiary alicyclic amines) is 1. The van der Waals surface area contributed by atoms with Gasteiger partial charge in [0.25, 0.3) is 0 Å². The number of piperidine rings is 1. The maximum Gasteiger partial charge on any atom is 0.329 e. The number of amides is 1. The number of hydrogen-bond donors (Lipinski definition) is 1. The van der Waals surface area contributed by atoms with Gasteiger partial charge in [0.2, 0.25) is 5.91 Å². The normalized spacial score (nSPS) is 18.0. The van der Waals surface area contributed by atoms with Crippen molar-refractivity contribution in [2.75, 3.05) is 13.1 Å². The van der Waals surface area contributed by atoms with Crippen LogP contribution in [-0.2, 0) is 22.7 Å². The molecule has 7 nitrogen and oxygen atoms in total. The molecule has 1 aromatic carbocycles. The van der Waals surface area contributed by atoms with Gasteiger partial charge in [0.05, 0.1) is 17.0 Å². The Morgan fingerprint density at radius 3 is 2.50 bits per heavy atom. The van der Waals surface area contributed by atoms with Crippen molar-refractivity contribution in [3.8, 4) is 0 Å². The minimum atomic E-state index is -0.868. The van der Waals surface area contributed by atoms with Crippen LogP contribution in [0, 0.1) is 5.92 Å². The molecule has 0 unspecified atom stereocenters. The van der Waals surface area contributed by atoms with Crippen LogP contribution >= 0.6 is 0 Å². The van der Waals surface area contributed by atoms with Crippen molar-refractivity contribution >= 4 is 22.9 Å². The molecule has 1 saturated heterocycles. The zero-order chi connectivity index (χ0) is 17.3. The maximum atomic E-state index is 12.6. The Morgan fingerprint density at radius 1 is 1.21 bits per heavy atom. The summed E-state index contributed by atoms with van der Waals surface area (Å²) in [6.45, 7) is 3.13. The van der Waals surface area contributed by atoms with Gasteiger partial charge in [0.15, 0.2) is 0 Å². The number of benzene rings is 1. The fraction of sp³-hybridized carbons (Fsp3) is 0.471. The Bertz CT molecular complexity index is 836. The summed E-state index contributed by atoms with van der Waals surface area (Å²) in [4.78, 5) is 37.9. The molecule has 1 aromatic heterocycles. The second-order valence-corrected chi connectivity index (χ2v) is 6.12. The fourth-order valence-electron chi connectivity index (χ4n) is 3.37. The van der Waals surface area contributed by atoms with Gasteiger partial charge in [-0.25, -0.2) is 4.79 Å². The SMILES string of the molecule is CCn1c(=O)n(CC(=O)N2CCC[C@@H](C(=O)O)C2)c2ccccc21. The Labute approximate surface area is 139 Å². The van der Waals surface area contributed by atoms with Crippen LogP contribution in [0.1, 0.15) is 19.8 Å². The van der Waals surface area contributed by atoms with Crippen molar-refractivity contribution in [2.24, 2.45) is 5.92 Å². The second-order valence-electron chi connectivity index (χ2n) is 6.12. The van der Waals surface area contributed by atoms with E-state index in [1.165, 1.54) is 4.57 Å². The molecule has 1 fully saturated rings. The summed E-state index contributed by atoms with van der Waals surface area (Å²) >= 11 is 0. The van der Waals surface area contributed by atoms with Crippen LogP contribution in [0.4, 0.5) is 0 Å². The zero-order valence-electron chi connectivity index (χ0n) is 13.6. The van der Waals surface area contributed by atoms with Crippen LogP contribution in [-0.4, -0.2) is 44.1 Å². The highest BCUT2D eigenvalue weighted by atomic mass is 16.4. The smallest absolute Gasteiger partial charge is 0.329 e. The summed E-state index contributed by atoms with van der Waals surface area (Å²) in [5, 5.41) is 9.15. The molecular formula is C17H21N3O4. The third kappa shape index (κ3) is 2.81. The largest absolute Gasteiger partial charge is 0.481 e. The van der Waals surface area contributed by atoms with Crippen LogP contribution in [0.2, 0.25) is 0 Å². The van der Waals surface area contributed by atoms with E-state index >= 15 is 0 Å². The molecule has 1 atom stereocenters. The number of rotatable bonds is 4. The molecule has 7 heteroatoms. The standard InChI is InChI=1S/C17H21N3O4/c1-2-19-13-7-3-4-8-14(13)20(17(19)24)11-15(21)18-9-5-6-12(10-18)16(22)23/h3-4,7-8,12H,2,5-6,9-11H2,1H3,(H,22,23)/t12-/m1/s1. The molecule has 0 saturated carbocycles. The Hall–Kier alpha value is -2.57. The number of aryl methyl sites for hydroxylation is 1. The number of imidazole rings is 1. The quantitative estimate of drug-likeness (QED) is 0.911. The number of carboxylic acids is 1. The molecule has 1 N–H and O–H groups in total. The summed E-state index contributed by atoms with van der Waals surface area (Å²) in [6.07, 6.45) is 1.27. The monoisotopic (exact) mass is 331 g/mol. The lowest BCUT2D eigenvalue weighted by atomic mass is 9.98. The summed E-state index contributed by atoms with van der Waals surface area (Å²) < 4.78 is 3.12. The van der Waals surface area contributed by atoms with Gasteiger partial charge in [-0.05, 0) is 31.9 Å². The summed E-state index contributed by atoms with van der Waals surface area (Å²) in [5.74, 6) is -1.59. The lowest BCUT2D eigenvalue weighted by Gasteiger charge is -2.30. The third-order valence-electron chi connectivity index (χ3n) is 4.66. The van der Waals surface area contributed by atoms with Gasteiger partial charge in [0, 0.05) is 19.6 Å². The fourth-order valence-corrected chi connectivity index (χ4v) is 3.37. The molecule has 2 heterocycles. The Balaban J connectivity index is 1.87. The van der Waals surface area contributed by atoms with Crippen molar-refractivity contribution in [1.29, 1.82) is 0 Å². The molecule has 2 aromatic rings. The topological polar surface area (TPSA) is 84.5 Å². The lowest BCUT2D eigenvalue weighted by Crippen LogP contribution is -2.44. The number of para-hydroxylation sites is 2. The van der Waals surface area contributed by atoms with Crippen LogP contribution in [0.15, 0.2) is 29.1 Å². The van der Waals surface area contributed by atoms with Crippen LogP contribution in [0.3, 0.4) is 0 Å². The van der Waals surface area contributed by atoms with E-state index in [2.05, 4.69) is 0 Å². The van der Waals surface area contributed by atoms with Crippen LogP contribution in [0.5, 0.6) is 0 Å². The van der Waals surface area contributed by atoms with Gasteiger partial charge in [-0.2, -0.15) is 0 Å². The van der Waals surface area contributed by atoms with E-state index in [1.54, 1.807) is 9.47 Å². The van der Waals surface area contributed by atoms with Crippen molar-refractivity contribution in [3.63, 3.8) is 0 Å². The molecular weight excluding hydrogens is 310 g/mol. The molecule has 1 amide bonds. The first-order chi connectivity index (χ1) is 11.5. The van der Waals surface area contributed by atoms with Crippen molar-refractivity contribution in [3.05, 3.63) is 34.7 Å². The summed E-state index contributed by atoms with van der Waals surface area (Å²) in [5.41, 5.74) is 1.32. The predicted octanol–water partition coefficient (Wildman–Crippen LogP) is 1.15. The van der Waals surface area contributed by atoms with E-state index < -0.39 is 11.9 Å². The molecule has 3 rings (SSSR count). The number of carboxylic acid groups (broad SMARTS) is 1. The summed E-state index contributed by atoms with van der Waals surface area (Å²) in [6, 6.07) is 7.39. The second kappa shape index (κ2) is 6.51. The first-order valence-corrected chi connectivity index (χ1v) is 8.21. The van der Waals surface area contributed by atoms with Crippen LogP contribution in [0.25, 0.3) is 11.0 Å². The first kappa shape index (κ1) is 16.3.